The van der Waals surface area contributed by atoms with Gasteiger partial charge in [0.05, 0.1) is 17.1 Å². The van der Waals surface area contributed by atoms with Crippen LogP contribution in [-0.4, -0.2) is 46.5 Å². The first-order valence-electron chi connectivity index (χ1n) is 5.36. The minimum Gasteiger partial charge on any atom is -0.383 e. The number of ether oxygens (including phenoxy) is 1. The van der Waals surface area contributed by atoms with Crippen LogP contribution in [0.4, 0.5) is 8.78 Å². The number of halogens is 3. The van der Waals surface area contributed by atoms with Crippen molar-refractivity contribution in [3.8, 4) is 0 Å². The van der Waals surface area contributed by atoms with E-state index in [1.807, 2.05) is 0 Å². The molecule has 0 aliphatic heterocycles. The molecule has 0 saturated heterocycles. The summed E-state index contributed by atoms with van der Waals surface area (Å²) < 4.78 is 54.0. The third-order valence-corrected chi connectivity index (χ3v) is 3.82. The van der Waals surface area contributed by atoms with Crippen molar-refractivity contribution < 1.29 is 26.7 Å². The molecule has 112 valence electrons. The number of nitrogens with zero attached hydrogens (tertiary/aromatic N) is 1. The van der Waals surface area contributed by atoms with Crippen LogP contribution in [0.15, 0.2) is 17.0 Å². The number of hydrogen-bond acceptors (Lipinski definition) is 4. The van der Waals surface area contributed by atoms with E-state index in [0.717, 1.165) is 4.90 Å². The number of hydrogen-bond donors (Lipinski definition) is 0. The molecule has 1 amide bonds. The monoisotopic (exact) mass is 327 g/mol. The third-order valence-electron chi connectivity index (χ3n) is 2.49. The zero-order valence-corrected chi connectivity index (χ0v) is 12.3. The molecule has 5 nitrogen and oxygen atoms in total. The van der Waals surface area contributed by atoms with E-state index in [1.54, 1.807) is 0 Å². The smallest absolute Gasteiger partial charge is 0.261 e. The van der Waals surface area contributed by atoms with Gasteiger partial charge in [0.2, 0.25) is 0 Å². The molecule has 0 radical (unpaired) electrons. The van der Waals surface area contributed by atoms with E-state index >= 15 is 0 Å². The Morgan fingerprint density at radius 1 is 1.40 bits per heavy atom. The van der Waals surface area contributed by atoms with Gasteiger partial charge in [-0.2, -0.15) is 0 Å². The molecule has 20 heavy (non-hydrogen) atoms. The van der Waals surface area contributed by atoms with Crippen molar-refractivity contribution in [3.05, 3.63) is 29.3 Å². The molecule has 0 heterocycles. The van der Waals surface area contributed by atoms with Gasteiger partial charge in [0, 0.05) is 31.4 Å². The van der Waals surface area contributed by atoms with Gasteiger partial charge >= 0.3 is 0 Å². The van der Waals surface area contributed by atoms with E-state index in [4.69, 9.17) is 15.4 Å². The third kappa shape index (κ3) is 3.87. The maximum absolute atomic E-state index is 13.6. The van der Waals surface area contributed by atoms with Gasteiger partial charge in [-0.3, -0.25) is 4.79 Å². The lowest BCUT2D eigenvalue weighted by Crippen LogP contribution is -2.31. The molecule has 1 aromatic carbocycles. The highest BCUT2D eigenvalue weighted by Gasteiger charge is 2.23. The Hall–Kier alpha value is -1.25. The van der Waals surface area contributed by atoms with Crippen molar-refractivity contribution in [3.63, 3.8) is 0 Å². The van der Waals surface area contributed by atoms with E-state index < -0.39 is 37.1 Å². The van der Waals surface area contributed by atoms with Crippen molar-refractivity contribution in [1.29, 1.82) is 0 Å². The summed E-state index contributed by atoms with van der Waals surface area (Å²) >= 11 is 0. The van der Waals surface area contributed by atoms with Crippen LogP contribution in [0.1, 0.15) is 10.4 Å². The molecule has 0 atom stereocenters. The highest BCUT2D eigenvalue weighted by atomic mass is 35.7. The Bertz CT molecular complexity index is 621. The second-order valence-corrected chi connectivity index (χ2v) is 6.49. The predicted molar refractivity (Wildman–Crippen MR) is 68.2 cm³/mol. The van der Waals surface area contributed by atoms with Crippen LogP contribution in [0.2, 0.25) is 0 Å². The first-order valence-corrected chi connectivity index (χ1v) is 7.67. The number of carbonyl (C=O) groups excluding carboxylic acids is 1. The molecule has 0 bridgehead atoms. The number of benzene rings is 1. The molecule has 0 fully saturated rings. The average Bonchev–Trinajstić information content (AvgIpc) is 2.36. The van der Waals surface area contributed by atoms with Crippen LogP contribution < -0.4 is 0 Å². The standard InChI is InChI=1S/C11H12ClF2NO4S/c1-15(3-4-19-2)11(16)8-5-7(20(12,17)18)6-9(13)10(8)14/h5-6H,3-4H2,1-2H3. The van der Waals surface area contributed by atoms with Gasteiger partial charge < -0.3 is 9.64 Å². The van der Waals surface area contributed by atoms with E-state index in [-0.39, 0.29) is 13.2 Å². The minimum atomic E-state index is -4.27. The first-order chi connectivity index (χ1) is 9.18. The summed E-state index contributed by atoms with van der Waals surface area (Å²) in [7, 11) is 3.55. The fourth-order valence-corrected chi connectivity index (χ4v) is 2.17. The second kappa shape index (κ2) is 6.47. The molecule has 0 aliphatic carbocycles. The largest absolute Gasteiger partial charge is 0.383 e. The zero-order chi connectivity index (χ0) is 15.5. The van der Waals surface area contributed by atoms with Crippen molar-refractivity contribution >= 4 is 25.6 Å². The van der Waals surface area contributed by atoms with Crippen molar-refractivity contribution in [2.45, 2.75) is 4.90 Å². The molecule has 9 heteroatoms. The Balaban J connectivity index is 3.24. The maximum Gasteiger partial charge on any atom is 0.261 e. The fourth-order valence-electron chi connectivity index (χ4n) is 1.40. The Labute approximate surface area is 119 Å². The highest BCUT2D eigenvalue weighted by Crippen LogP contribution is 2.22. The molecular formula is C11H12ClF2NO4S. The van der Waals surface area contributed by atoms with Gasteiger partial charge in [0.25, 0.3) is 15.0 Å². The van der Waals surface area contributed by atoms with E-state index in [9.17, 15) is 22.0 Å². The Morgan fingerprint density at radius 2 is 2.00 bits per heavy atom. The molecule has 0 aliphatic rings. The van der Waals surface area contributed by atoms with Gasteiger partial charge in [0.15, 0.2) is 11.6 Å². The Morgan fingerprint density at radius 3 is 2.50 bits per heavy atom. The number of amides is 1. The molecule has 1 rings (SSSR count). The SMILES string of the molecule is COCCN(C)C(=O)c1cc(S(=O)(=O)Cl)cc(F)c1F. The van der Waals surface area contributed by atoms with Crippen LogP contribution in [0.3, 0.4) is 0 Å². The number of rotatable bonds is 5. The van der Waals surface area contributed by atoms with Crippen LogP contribution in [-0.2, 0) is 13.8 Å². The van der Waals surface area contributed by atoms with Crippen molar-refractivity contribution in [2.24, 2.45) is 0 Å². The van der Waals surface area contributed by atoms with Gasteiger partial charge in [-0.05, 0) is 12.1 Å². The molecule has 0 unspecified atom stereocenters. The minimum absolute atomic E-state index is 0.133. The summed E-state index contributed by atoms with van der Waals surface area (Å²) in [5, 5.41) is 0. The second-order valence-electron chi connectivity index (χ2n) is 3.92. The molecule has 0 aromatic heterocycles. The highest BCUT2D eigenvalue weighted by molar-refractivity contribution is 8.13. The van der Waals surface area contributed by atoms with Crippen molar-refractivity contribution in [2.75, 3.05) is 27.3 Å². The van der Waals surface area contributed by atoms with E-state index in [0.29, 0.717) is 12.1 Å². The summed E-state index contributed by atoms with van der Waals surface area (Å²) in [5.74, 6) is -3.76. The fraction of sp³-hybridized carbons (Fsp3) is 0.364. The zero-order valence-electron chi connectivity index (χ0n) is 10.7. The molecular weight excluding hydrogens is 316 g/mol. The molecule has 1 aromatic rings. The summed E-state index contributed by atoms with van der Waals surface area (Å²) in [5.41, 5.74) is -0.706. The maximum atomic E-state index is 13.6. The van der Waals surface area contributed by atoms with Gasteiger partial charge in [-0.25, -0.2) is 17.2 Å². The predicted octanol–water partition coefficient (Wildman–Crippen LogP) is 1.61. The van der Waals surface area contributed by atoms with Crippen molar-refractivity contribution in [1.82, 2.24) is 4.90 Å². The average molecular weight is 328 g/mol. The summed E-state index contributed by atoms with van der Waals surface area (Å²) in [4.78, 5) is 12.3. The van der Waals surface area contributed by atoms with Gasteiger partial charge in [-0.15, -0.1) is 0 Å². The lowest BCUT2D eigenvalue weighted by Gasteiger charge is -2.17. The van der Waals surface area contributed by atoms with Gasteiger partial charge in [0.1, 0.15) is 0 Å². The topological polar surface area (TPSA) is 63.7 Å². The molecule has 0 spiro atoms. The van der Waals surface area contributed by atoms with Crippen LogP contribution in [0.5, 0.6) is 0 Å². The van der Waals surface area contributed by atoms with Crippen LogP contribution in [0, 0.1) is 11.6 Å². The van der Waals surface area contributed by atoms with Crippen LogP contribution in [0.25, 0.3) is 0 Å². The van der Waals surface area contributed by atoms with E-state index in [1.165, 1.54) is 14.2 Å². The summed E-state index contributed by atoms with van der Waals surface area (Å²) in [6.45, 7) is 0.327. The quantitative estimate of drug-likeness (QED) is 0.771. The summed E-state index contributed by atoms with van der Waals surface area (Å²) in [6, 6.07) is 1.12. The van der Waals surface area contributed by atoms with E-state index in [2.05, 4.69) is 0 Å². The molecule has 0 saturated carbocycles. The Kier molecular flexibility index (Phi) is 5.43. The normalized spacial score (nSPS) is 11.4. The first kappa shape index (κ1) is 16.8. The number of methoxy groups -OCH3 is 1. The lowest BCUT2D eigenvalue weighted by molar-refractivity contribution is 0.0738. The lowest BCUT2D eigenvalue weighted by atomic mass is 10.2. The van der Waals surface area contributed by atoms with Crippen LogP contribution >= 0.6 is 10.7 Å². The molecule has 0 N–H and O–H groups in total. The summed E-state index contributed by atoms with van der Waals surface area (Å²) in [6.07, 6.45) is 0. The van der Waals surface area contributed by atoms with Gasteiger partial charge in [-0.1, -0.05) is 0 Å². The number of carbonyl (C=O) groups is 1. The number of likely N-dealkylation sites (N-methyl/N-ethyl adjacent to an activating group) is 1.